The lowest BCUT2D eigenvalue weighted by Crippen LogP contribution is -2.22. The van der Waals surface area contributed by atoms with Gasteiger partial charge >= 0.3 is 0 Å². The molecule has 4 heteroatoms. The SMILES string of the molecule is CCC(C)(c1ccc(OCOC)cc1)c1ccc(OCOC)cc1. The van der Waals surface area contributed by atoms with Gasteiger partial charge in [-0.2, -0.15) is 0 Å². The molecule has 130 valence electrons. The molecule has 0 atom stereocenters. The Kier molecular flexibility index (Phi) is 6.64. The molecule has 0 saturated carbocycles. The Morgan fingerprint density at radius 3 is 1.38 bits per heavy atom. The lowest BCUT2D eigenvalue weighted by Gasteiger charge is -2.30. The van der Waals surface area contributed by atoms with E-state index >= 15 is 0 Å². The van der Waals surface area contributed by atoms with Crippen LogP contribution in [-0.2, 0) is 14.9 Å². The van der Waals surface area contributed by atoms with E-state index in [1.54, 1.807) is 14.2 Å². The molecule has 0 aromatic heterocycles. The van der Waals surface area contributed by atoms with Crippen LogP contribution in [0.15, 0.2) is 48.5 Å². The summed E-state index contributed by atoms with van der Waals surface area (Å²) in [5.41, 5.74) is 2.43. The zero-order chi connectivity index (χ0) is 17.4. The number of hydrogen-bond acceptors (Lipinski definition) is 4. The Bertz CT molecular complexity index is 553. The fourth-order valence-corrected chi connectivity index (χ4v) is 2.67. The minimum absolute atomic E-state index is 0.0699. The molecule has 0 aliphatic carbocycles. The summed E-state index contributed by atoms with van der Waals surface area (Å²) in [4.78, 5) is 0. The quantitative estimate of drug-likeness (QED) is 0.640. The van der Waals surface area contributed by atoms with Crippen molar-refractivity contribution >= 4 is 0 Å². The molecule has 0 heterocycles. The molecule has 2 aromatic carbocycles. The van der Waals surface area contributed by atoms with Crippen molar-refractivity contribution in [2.24, 2.45) is 0 Å². The summed E-state index contributed by atoms with van der Waals surface area (Å²) >= 11 is 0. The number of benzene rings is 2. The number of rotatable bonds is 9. The Hall–Kier alpha value is -2.04. The van der Waals surface area contributed by atoms with Gasteiger partial charge in [-0.05, 0) is 41.8 Å². The molecule has 2 rings (SSSR count). The molecular weight excluding hydrogens is 304 g/mol. The molecule has 0 aliphatic rings. The third kappa shape index (κ3) is 4.28. The first-order valence-electron chi connectivity index (χ1n) is 8.08. The summed E-state index contributed by atoms with van der Waals surface area (Å²) < 4.78 is 20.8. The third-order valence-corrected chi connectivity index (χ3v) is 4.38. The maximum Gasteiger partial charge on any atom is 0.188 e. The van der Waals surface area contributed by atoms with E-state index in [0.717, 1.165) is 17.9 Å². The highest BCUT2D eigenvalue weighted by atomic mass is 16.7. The van der Waals surface area contributed by atoms with E-state index in [2.05, 4.69) is 38.1 Å². The van der Waals surface area contributed by atoms with Crippen molar-refractivity contribution in [1.29, 1.82) is 0 Å². The van der Waals surface area contributed by atoms with Crippen molar-refractivity contribution in [1.82, 2.24) is 0 Å². The maximum absolute atomic E-state index is 5.46. The Balaban J connectivity index is 2.20. The van der Waals surface area contributed by atoms with E-state index < -0.39 is 0 Å². The zero-order valence-corrected chi connectivity index (χ0v) is 14.9. The highest BCUT2D eigenvalue weighted by molar-refractivity contribution is 5.42. The third-order valence-electron chi connectivity index (χ3n) is 4.38. The van der Waals surface area contributed by atoms with Gasteiger partial charge in [0.1, 0.15) is 11.5 Å². The molecule has 0 amide bonds. The lowest BCUT2D eigenvalue weighted by molar-refractivity contribution is 0.0509. The summed E-state index contributed by atoms with van der Waals surface area (Å²) in [5, 5.41) is 0. The van der Waals surface area contributed by atoms with Crippen molar-refractivity contribution in [3.05, 3.63) is 59.7 Å². The van der Waals surface area contributed by atoms with Gasteiger partial charge in [-0.3, -0.25) is 0 Å². The highest BCUT2D eigenvalue weighted by Gasteiger charge is 2.26. The first-order valence-corrected chi connectivity index (χ1v) is 8.08. The van der Waals surface area contributed by atoms with Crippen LogP contribution in [0, 0.1) is 0 Å². The monoisotopic (exact) mass is 330 g/mol. The average molecular weight is 330 g/mol. The molecule has 0 bridgehead atoms. The van der Waals surface area contributed by atoms with E-state index in [4.69, 9.17) is 18.9 Å². The molecular formula is C20H26O4. The second kappa shape index (κ2) is 8.71. The molecule has 0 fully saturated rings. The van der Waals surface area contributed by atoms with E-state index in [9.17, 15) is 0 Å². The predicted molar refractivity (Wildman–Crippen MR) is 94.6 cm³/mol. The van der Waals surface area contributed by atoms with E-state index in [1.807, 2.05) is 24.3 Å². The van der Waals surface area contributed by atoms with Crippen LogP contribution < -0.4 is 9.47 Å². The molecule has 0 N–H and O–H groups in total. The lowest BCUT2D eigenvalue weighted by atomic mass is 9.74. The fourth-order valence-electron chi connectivity index (χ4n) is 2.67. The Morgan fingerprint density at radius 1 is 0.708 bits per heavy atom. The van der Waals surface area contributed by atoms with Crippen molar-refractivity contribution in [3.8, 4) is 11.5 Å². The Labute approximate surface area is 144 Å². The van der Waals surface area contributed by atoms with Crippen LogP contribution in [0.3, 0.4) is 0 Å². The minimum atomic E-state index is -0.0699. The van der Waals surface area contributed by atoms with Gasteiger partial charge in [0.05, 0.1) is 0 Å². The minimum Gasteiger partial charge on any atom is -0.468 e. The van der Waals surface area contributed by atoms with Gasteiger partial charge < -0.3 is 18.9 Å². The topological polar surface area (TPSA) is 36.9 Å². The summed E-state index contributed by atoms with van der Waals surface area (Å²) in [6.07, 6.45) is 0.990. The summed E-state index contributed by atoms with van der Waals surface area (Å²) in [6.45, 7) is 4.97. The van der Waals surface area contributed by atoms with Gasteiger partial charge in [0.2, 0.25) is 0 Å². The number of methoxy groups -OCH3 is 2. The fraction of sp³-hybridized carbons (Fsp3) is 0.400. The van der Waals surface area contributed by atoms with Gasteiger partial charge in [0.25, 0.3) is 0 Å². The summed E-state index contributed by atoms with van der Waals surface area (Å²) in [5.74, 6) is 1.62. The maximum atomic E-state index is 5.46. The second-order valence-corrected chi connectivity index (χ2v) is 5.84. The zero-order valence-electron chi connectivity index (χ0n) is 14.9. The molecule has 2 aromatic rings. The van der Waals surface area contributed by atoms with E-state index in [0.29, 0.717) is 0 Å². The highest BCUT2D eigenvalue weighted by Crippen LogP contribution is 2.36. The van der Waals surface area contributed by atoms with E-state index in [1.165, 1.54) is 11.1 Å². The standard InChI is InChI=1S/C20H26O4/c1-5-20(2,16-6-10-18(11-7-16)23-14-21-3)17-8-12-19(13-9-17)24-15-22-4/h6-13H,5,14-15H2,1-4H3. The second-order valence-electron chi connectivity index (χ2n) is 5.84. The van der Waals surface area contributed by atoms with Crippen molar-refractivity contribution in [3.63, 3.8) is 0 Å². The molecule has 0 saturated heterocycles. The molecule has 0 unspecified atom stereocenters. The Morgan fingerprint density at radius 2 is 1.08 bits per heavy atom. The first kappa shape index (κ1) is 18.3. The van der Waals surface area contributed by atoms with Crippen molar-refractivity contribution < 1.29 is 18.9 Å². The smallest absolute Gasteiger partial charge is 0.188 e. The van der Waals surface area contributed by atoms with Crippen LogP contribution in [0.4, 0.5) is 0 Å². The van der Waals surface area contributed by atoms with E-state index in [-0.39, 0.29) is 19.0 Å². The predicted octanol–water partition coefficient (Wildman–Crippen LogP) is 4.37. The van der Waals surface area contributed by atoms with Gasteiger partial charge in [0.15, 0.2) is 13.6 Å². The van der Waals surface area contributed by atoms with Gasteiger partial charge in [0, 0.05) is 19.6 Å². The molecule has 4 nitrogen and oxygen atoms in total. The van der Waals surface area contributed by atoms with Crippen LogP contribution in [0.1, 0.15) is 31.4 Å². The van der Waals surface area contributed by atoms with Crippen LogP contribution in [0.5, 0.6) is 11.5 Å². The first-order chi connectivity index (χ1) is 11.6. The normalized spacial score (nSPS) is 11.3. The molecule has 0 radical (unpaired) electrons. The van der Waals surface area contributed by atoms with Crippen LogP contribution >= 0.6 is 0 Å². The van der Waals surface area contributed by atoms with Gasteiger partial charge in [-0.15, -0.1) is 0 Å². The van der Waals surface area contributed by atoms with Crippen LogP contribution in [0.25, 0.3) is 0 Å². The molecule has 0 aliphatic heterocycles. The number of hydrogen-bond donors (Lipinski definition) is 0. The van der Waals surface area contributed by atoms with Crippen LogP contribution in [0.2, 0.25) is 0 Å². The van der Waals surface area contributed by atoms with Crippen molar-refractivity contribution in [2.45, 2.75) is 25.7 Å². The average Bonchev–Trinajstić information content (AvgIpc) is 2.65. The number of ether oxygens (including phenoxy) is 4. The van der Waals surface area contributed by atoms with Gasteiger partial charge in [-0.1, -0.05) is 38.1 Å². The van der Waals surface area contributed by atoms with Crippen molar-refractivity contribution in [2.75, 3.05) is 27.8 Å². The molecule has 24 heavy (non-hydrogen) atoms. The van der Waals surface area contributed by atoms with Crippen LogP contribution in [-0.4, -0.2) is 27.8 Å². The largest absolute Gasteiger partial charge is 0.468 e. The molecule has 0 spiro atoms. The summed E-state index contributed by atoms with van der Waals surface area (Å²) in [6, 6.07) is 16.4. The summed E-state index contributed by atoms with van der Waals surface area (Å²) in [7, 11) is 3.23. The van der Waals surface area contributed by atoms with Gasteiger partial charge in [-0.25, -0.2) is 0 Å².